The molecule has 6 nitrogen and oxygen atoms in total. The molecule has 3 aromatic rings. The van der Waals surface area contributed by atoms with E-state index in [1.807, 2.05) is 21.6 Å². The Bertz CT molecular complexity index is 1300. The van der Waals surface area contributed by atoms with Crippen molar-refractivity contribution in [1.82, 2.24) is 14.8 Å². The van der Waals surface area contributed by atoms with Gasteiger partial charge < -0.3 is 19.7 Å². The summed E-state index contributed by atoms with van der Waals surface area (Å²) in [7, 11) is 0. The number of hydrogen-bond acceptors (Lipinski definition) is 4. The van der Waals surface area contributed by atoms with Crippen LogP contribution in [0.1, 0.15) is 41.7 Å². The third-order valence-corrected chi connectivity index (χ3v) is 7.02. The lowest BCUT2D eigenvalue weighted by Crippen LogP contribution is -2.46. The SMILES string of the molecule is CCN1CCN(c2cc3c(cc2F)c(=O)c(C(=O)NCc2cccc(Cl)c2)cn3C2CC2)CC1. The van der Waals surface area contributed by atoms with Crippen LogP contribution in [0.15, 0.2) is 47.4 Å². The predicted octanol–water partition coefficient (Wildman–Crippen LogP) is 4.20. The standard InChI is InChI=1S/C26H28ClFN4O2/c1-2-30-8-10-31(11-9-30)24-14-23-20(13-22(24)28)25(33)21(16-32(23)19-6-7-19)26(34)29-15-17-4-3-5-18(27)12-17/h3-5,12-14,16,19H,2,6-11,15H2,1H3,(H,29,34). The number of nitrogens with zero attached hydrogens (tertiary/aromatic N) is 3. The summed E-state index contributed by atoms with van der Waals surface area (Å²) in [6, 6.07) is 10.5. The lowest BCUT2D eigenvalue weighted by atomic mass is 10.1. The summed E-state index contributed by atoms with van der Waals surface area (Å²) in [5.41, 5.74) is 1.63. The van der Waals surface area contributed by atoms with E-state index in [0.717, 1.165) is 51.1 Å². The van der Waals surface area contributed by atoms with Crippen molar-refractivity contribution in [2.45, 2.75) is 32.4 Å². The van der Waals surface area contributed by atoms with E-state index in [4.69, 9.17) is 11.6 Å². The van der Waals surface area contributed by atoms with Crippen LogP contribution >= 0.6 is 11.6 Å². The Morgan fingerprint density at radius 2 is 1.91 bits per heavy atom. The number of nitrogens with one attached hydrogen (secondary N) is 1. The van der Waals surface area contributed by atoms with Gasteiger partial charge in [-0.05, 0) is 49.2 Å². The molecular formula is C26H28ClFN4O2. The molecule has 2 heterocycles. The first kappa shape index (κ1) is 22.9. The average Bonchev–Trinajstić information content (AvgIpc) is 3.68. The maximum atomic E-state index is 15.2. The maximum Gasteiger partial charge on any atom is 0.257 e. The summed E-state index contributed by atoms with van der Waals surface area (Å²) in [5.74, 6) is -0.894. The molecule has 1 saturated carbocycles. The van der Waals surface area contributed by atoms with E-state index in [-0.39, 0.29) is 23.5 Å². The number of piperazine rings is 1. The van der Waals surface area contributed by atoms with Crippen LogP contribution < -0.4 is 15.6 Å². The van der Waals surface area contributed by atoms with Gasteiger partial charge >= 0.3 is 0 Å². The summed E-state index contributed by atoms with van der Waals surface area (Å²) >= 11 is 6.02. The minimum Gasteiger partial charge on any atom is -0.367 e. The number of benzene rings is 2. The number of likely N-dealkylation sites (N-methyl/N-ethyl adjacent to an activating group) is 1. The minimum absolute atomic E-state index is 0.0325. The number of fused-ring (bicyclic) bond motifs is 1. The molecule has 8 heteroatoms. The number of hydrogen-bond donors (Lipinski definition) is 1. The summed E-state index contributed by atoms with van der Waals surface area (Å²) in [4.78, 5) is 30.6. The molecular weight excluding hydrogens is 455 g/mol. The molecule has 1 amide bonds. The fourth-order valence-electron chi connectivity index (χ4n) is 4.65. The van der Waals surface area contributed by atoms with Gasteiger partial charge in [-0.2, -0.15) is 0 Å². The van der Waals surface area contributed by atoms with Crippen molar-refractivity contribution < 1.29 is 9.18 Å². The van der Waals surface area contributed by atoms with Gasteiger partial charge in [0.1, 0.15) is 11.4 Å². The lowest BCUT2D eigenvalue weighted by molar-refractivity contribution is 0.0949. The van der Waals surface area contributed by atoms with Crippen molar-refractivity contribution in [2.24, 2.45) is 0 Å². The smallest absolute Gasteiger partial charge is 0.257 e. The third-order valence-electron chi connectivity index (χ3n) is 6.79. The number of carbonyl (C=O) groups is 1. The highest BCUT2D eigenvalue weighted by Crippen LogP contribution is 2.38. The van der Waals surface area contributed by atoms with Crippen LogP contribution in [0.4, 0.5) is 10.1 Å². The van der Waals surface area contributed by atoms with E-state index >= 15 is 4.39 Å². The highest BCUT2D eigenvalue weighted by molar-refractivity contribution is 6.30. The molecule has 0 spiro atoms. The molecule has 178 valence electrons. The molecule has 0 atom stereocenters. The molecule has 1 aromatic heterocycles. The molecule has 1 aliphatic heterocycles. The summed E-state index contributed by atoms with van der Waals surface area (Å²) in [5, 5.41) is 3.63. The van der Waals surface area contributed by atoms with E-state index < -0.39 is 17.2 Å². The van der Waals surface area contributed by atoms with Gasteiger partial charge in [-0.3, -0.25) is 9.59 Å². The average molecular weight is 483 g/mol. The van der Waals surface area contributed by atoms with Crippen LogP contribution in [-0.2, 0) is 6.54 Å². The number of halogens is 2. The van der Waals surface area contributed by atoms with Gasteiger partial charge in [-0.25, -0.2) is 4.39 Å². The van der Waals surface area contributed by atoms with Crippen LogP contribution in [-0.4, -0.2) is 48.1 Å². The first-order valence-corrected chi connectivity index (χ1v) is 12.2. The van der Waals surface area contributed by atoms with Gasteiger partial charge in [0.2, 0.25) is 5.43 Å². The summed E-state index contributed by atoms with van der Waals surface area (Å²) in [6.07, 6.45) is 3.60. The molecule has 0 bridgehead atoms. The molecule has 34 heavy (non-hydrogen) atoms. The molecule has 1 aliphatic carbocycles. The zero-order valence-corrected chi connectivity index (χ0v) is 19.9. The predicted molar refractivity (Wildman–Crippen MR) is 133 cm³/mol. The molecule has 1 N–H and O–H groups in total. The Hall–Kier alpha value is -2.90. The molecule has 0 radical (unpaired) electrons. The topological polar surface area (TPSA) is 57.6 Å². The first-order chi connectivity index (χ1) is 16.4. The van der Waals surface area contributed by atoms with Gasteiger partial charge in [0, 0.05) is 55.4 Å². The third kappa shape index (κ3) is 4.55. The number of rotatable bonds is 6. The van der Waals surface area contributed by atoms with Crippen LogP contribution in [0.5, 0.6) is 0 Å². The molecule has 2 fully saturated rings. The normalized spacial score (nSPS) is 16.7. The molecule has 0 unspecified atom stereocenters. The molecule has 1 saturated heterocycles. The van der Waals surface area contributed by atoms with E-state index in [2.05, 4.69) is 17.1 Å². The Morgan fingerprint density at radius 1 is 1.15 bits per heavy atom. The van der Waals surface area contributed by atoms with Crippen molar-refractivity contribution in [1.29, 1.82) is 0 Å². The number of pyridine rings is 1. The van der Waals surface area contributed by atoms with Crippen molar-refractivity contribution in [2.75, 3.05) is 37.6 Å². The van der Waals surface area contributed by atoms with Gasteiger partial charge in [0.15, 0.2) is 0 Å². The van der Waals surface area contributed by atoms with E-state index in [1.54, 1.807) is 24.4 Å². The van der Waals surface area contributed by atoms with Gasteiger partial charge in [-0.15, -0.1) is 0 Å². The second kappa shape index (κ2) is 9.39. The van der Waals surface area contributed by atoms with Gasteiger partial charge in [-0.1, -0.05) is 30.7 Å². The lowest BCUT2D eigenvalue weighted by Gasteiger charge is -2.35. The summed E-state index contributed by atoms with van der Waals surface area (Å²) in [6.45, 7) is 6.62. The largest absolute Gasteiger partial charge is 0.367 e. The van der Waals surface area contributed by atoms with Crippen LogP contribution in [0, 0.1) is 5.82 Å². The number of amides is 1. The fourth-order valence-corrected chi connectivity index (χ4v) is 4.86. The number of aromatic nitrogens is 1. The van der Waals surface area contributed by atoms with Crippen molar-refractivity contribution >= 4 is 34.1 Å². The van der Waals surface area contributed by atoms with E-state index in [1.165, 1.54) is 6.07 Å². The van der Waals surface area contributed by atoms with Crippen LogP contribution in [0.25, 0.3) is 10.9 Å². The van der Waals surface area contributed by atoms with E-state index in [0.29, 0.717) is 16.2 Å². The minimum atomic E-state index is -0.471. The number of carbonyl (C=O) groups excluding carboxylic acids is 1. The Balaban J connectivity index is 1.48. The second-order valence-corrected chi connectivity index (χ2v) is 9.50. The van der Waals surface area contributed by atoms with Crippen molar-refractivity contribution in [3.8, 4) is 0 Å². The zero-order valence-electron chi connectivity index (χ0n) is 19.2. The van der Waals surface area contributed by atoms with Crippen LogP contribution in [0.3, 0.4) is 0 Å². The Morgan fingerprint density at radius 3 is 2.59 bits per heavy atom. The molecule has 5 rings (SSSR count). The van der Waals surface area contributed by atoms with Gasteiger partial charge in [0.25, 0.3) is 5.91 Å². The fraction of sp³-hybridized carbons (Fsp3) is 0.385. The van der Waals surface area contributed by atoms with Crippen molar-refractivity contribution in [3.63, 3.8) is 0 Å². The Labute approximate surface area is 202 Å². The highest BCUT2D eigenvalue weighted by Gasteiger charge is 2.28. The van der Waals surface area contributed by atoms with E-state index in [9.17, 15) is 9.59 Å². The zero-order chi connectivity index (χ0) is 23.8. The quantitative estimate of drug-likeness (QED) is 0.572. The summed E-state index contributed by atoms with van der Waals surface area (Å²) < 4.78 is 17.2. The first-order valence-electron chi connectivity index (χ1n) is 11.8. The monoisotopic (exact) mass is 482 g/mol. The highest BCUT2D eigenvalue weighted by atomic mass is 35.5. The Kier molecular flexibility index (Phi) is 6.32. The molecule has 2 aliphatic rings. The molecule has 2 aromatic carbocycles. The van der Waals surface area contributed by atoms with Crippen LogP contribution in [0.2, 0.25) is 5.02 Å². The second-order valence-electron chi connectivity index (χ2n) is 9.07. The van der Waals surface area contributed by atoms with Gasteiger partial charge in [0.05, 0.1) is 11.2 Å². The number of anilines is 1. The maximum absolute atomic E-state index is 15.2. The van der Waals surface area contributed by atoms with Crippen molar-refractivity contribution in [3.05, 3.63) is 74.8 Å².